The number of nitrogens with zero attached hydrogens (tertiary/aromatic N) is 2. The average molecular weight is 449 g/mol. The van der Waals surface area contributed by atoms with Crippen LogP contribution in [0.1, 0.15) is 15.9 Å². The molecule has 0 aliphatic carbocycles. The van der Waals surface area contributed by atoms with Crippen LogP contribution in [0.2, 0.25) is 5.02 Å². The Kier molecular flexibility index (Phi) is 7.92. The van der Waals surface area contributed by atoms with E-state index < -0.39 is 29.3 Å². The maximum atomic E-state index is 12.1. The van der Waals surface area contributed by atoms with Crippen molar-refractivity contribution in [1.29, 1.82) is 0 Å². The number of anilines is 2. The maximum absolute atomic E-state index is 12.1. The van der Waals surface area contributed by atoms with Crippen molar-refractivity contribution >= 4 is 46.4 Å². The Morgan fingerprint density at radius 2 is 1.87 bits per heavy atom. The van der Waals surface area contributed by atoms with Crippen LogP contribution < -0.4 is 15.5 Å². The Labute approximate surface area is 183 Å². The predicted octanol–water partition coefficient (Wildman–Crippen LogP) is 2.53. The predicted molar refractivity (Wildman–Crippen MR) is 116 cm³/mol. The number of amides is 2. The van der Waals surface area contributed by atoms with Crippen molar-refractivity contribution in [2.75, 3.05) is 37.5 Å². The molecule has 2 rings (SSSR count). The summed E-state index contributed by atoms with van der Waals surface area (Å²) in [6, 6.07) is 8.89. The second kappa shape index (κ2) is 10.4. The largest absolute Gasteiger partial charge is 0.452 e. The molecule has 0 aliphatic rings. The van der Waals surface area contributed by atoms with Crippen molar-refractivity contribution in [3.8, 4) is 0 Å². The molecule has 2 N–H and O–H groups in total. The molecule has 2 aromatic carbocycles. The van der Waals surface area contributed by atoms with Gasteiger partial charge in [0.15, 0.2) is 6.61 Å². The molecule has 2 amide bonds. The minimum atomic E-state index is -0.900. The fourth-order valence-corrected chi connectivity index (χ4v) is 2.73. The first kappa shape index (κ1) is 23.6. The molecule has 0 aromatic heterocycles. The van der Waals surface area contributed by atoms with Crippen LogP contribution in [0.5, 0.6) is 0 Å². The van der Waals surface area contributed by atoms with E-state index in [1.165, 1.54) is 17.0 Å². The highest BCUT2D eigenvalue weighted by molar-refractivity contribution is 6.31. The fourth-order valence-electron chi connectivity index (χ4n) is 2.56. The minimum absolute atomic E-state index is 0.0701. The number of benzene rings is 2. The molecule has 0 spiro atoms. The molecule has 0 heterocycles. The number of rotatable bonds is 8. The van der Waals surface area contributed by atoms with Gasteiger partial charge in [-0.2, -0.15) is 0 Å². The Balaban J connectivity index is 1.87. The molecule has 10 nitrogen and oxygen atoms in total. The van der Waals surface area contributed by atoms with Gasteiger partial charge in [-0.05, 0) is 36.8 Å². The average Bonchev–Trinajstić information content (AvgIpc) is 2.73. The molecule has 31 heavy (non-hydrogen) atoms. The van der Waals surface area contributed by atoms with Crippen LogP contribution in [0.15, 0.2) is 36.4 Å². The molecule has 0 fully saturated rings. The van der Waals surface area contributed by atoms with E-state index >= 15 is 0 Å². The quantitative estimate of drug-likeness (QED) is 0.360. The van der Waals surface area contributed by atoms with Crippen molar-refractivity contribution in [1.82, 2.24) is 5.32 Å². The summed E-state index contributed by atoms with van der Waals surface area (Å²) in [5.74, 6) is -2.09. The van der Waals surface area contributed by atoms with Gasteiger partial charge in [0.25, 0.3) is 11.6 Å². The smallest absolute Gasteiger partial charge is 0.338 e. The van der Waals surface area contributed by atoms with Crippen LogP contribution in [0, 0.1) is 17.0 Å². The summed E-state index contributed by atoms with van der Waals surface area (Å²) >= 11 is 5.99. The number of nitrogens with one attached hydrogen (secondary N) is 2. The van der Waals surface area contributed by atoms with Gasteiger partial charge in [-0.3, -0.25) is 19.7 Å². The number of ether oxygens (including phenoxy) is 1. The van der Waals surface area contributed by atoms with Gasteiger partial charge >= 0.3 is 5.97 Å². The van der Waals surface area contributed by atoms with E-state index in [4.69, 9.17) is 16.3 Å². The highest BCUT2D eigenvalue weighted by Crippen LogP contribution is 2.28. The first-order valence-electron chi connectivity index (χ1n) is 9.04. The molecular formula is C20H21ClN4O6. The number of carbonyl (C=O) groups excluding carboxylic acids is 3. The van der Waals surface area contributed by atoms with E-state index in [-0.39, 0.29) is 17.8 Å². The second-order valence-electron chi connectivity index (χ2n) is 6.67. The van der Waals surface area contributed by atoms with Gasteiger partial charge in [0, 0.05) is 30.9 Å². The van der Waals surface area contributed by atoms with Crippen LogP contribution in [-0.2, 0) is 14.3 Å². The van der Waals surface area contributed by atoms with Crippen LogP contribution in [-0.4, -0.2) is 50.0 Å². The van der Waals surface area contributed by atoms with Crippen molar-refractivity contribution in [2.45, 2.75) is 6.92 Å². The lowest BCUT2D eigenvalue weighted by Gasteiger charge is -2.13. The van der Waals surface area contributed by atoms with Gasteiger partial charge in [-0.15, -0.1) is 0 Å². The van der Waals surface area contributed by atoms with E-state index in [1.54, 1.807) is 39.2 Å². The summed E-state index contributed by atoms with van der Waals surface area (Å²) in [4.78, 5) is 48.1. The zero-order chi connectivity index (χ0) is 23.1. The van der Waals surface area contributed by atoms with Crippen molar-refractivity contribution in [3.63, 3.8) is 0 Å². The van der Waals surface area contributed by atoms with Gasteiger partial charge in [0.1, 0.15) is 5.69 Å². The highest BCUT2D eigenvalue weighted by atomic mass is 35.5. The molecular weight excluding hydrogens is 428 g/mol. The van der Waals surface area contributed by atoms with Crippen LogP contribution in [0.3, 0.4) is 0 Å². The normalized spacial score (nSPS) is 10.2. The lowest BCUT2D eigenvalue weighted by Crippen LogP contribution is -2.35. The van der Waals surface area contributed by atoms with Crippen molar-refractivity contribution in [2.24, 2.45) is 0 Å². The Bertz CT molecular complexity index is 1020. The van der Waals surface area contributed by atoms with Crippen molar-refractivity contribution < 1.29 is 24.0 Å². The minimum Gasteiger partial charge on any atom is -0.452 e. The Hall–Kier alpha value is -3.66. The molecule has 0 atom stereocenters. The molecule has 0 saturated heterocycles. The summed E-state index contributed by atoms with van der Waals surface area (Å²) in [6.45, 7) is 0.752. The molecule has 2 aromatic rings. The molecule has 0 unspecified atom stereocenters. The number of hydrogen-bond acceptors (Lipinski definition) is 7. The summed E-state index contributed by atoms with van der Waals surface area (Å²) in [7, 11) is 3.27. The molecule has 11 heteroatoms. The Morgan fingerprint density at radius 1 is 1.16 bits per heavy atom. The highest BCUT2D eigenvalue weighted by Gasteiger charge is 2.20. The number of nitro groups is 1. The third kappa shape index (κ3) is 6.41. The third-order valence-corrected chi connectivity index (χ3v) is 4.62. The second-order valence-corrected chi connectivity index (χ2v) is 7.08. The monoisotopic (exact) mass is 448 g/mol. The van der Waals surface area contributed by atoms with Crippen molar-refractivity contribution in [3.05, 3.63) is 62.7 Å². The first-order chi connectivity index (χ1) is 14.6. The van der Waals surface area contributed by atoms with Crippen LogP contribution >= 0.6 is 11.6 Å². The van der Waals surface area contributed by atoms with E-state index in [0.29, 0.717) is 22.0 Å². The topological polar surface area (TPSA) is 131 Å². The molecule has 0 bridgehead atoms. The summed E-state index contributed by atoms with van der Waals surface area (Å²) in [6.07, 6.45) is 0. The first-order valence-corrected chi connectivity index (χ1v) is 9.42. The van der Waals surface area contributed by atoms with Gasteiger partial charge in [0.2, 0.25) is 5.91 Å². The number of hydrogen-bond donors (Lipinski definition) is 2. The summed E-state index contributed by atoms with van der Waals surface area (Å²) < 4.78 is 4.87. The molecule has 0 aliphatic heterocycles. The zero-order valence-electron chi connectivity index (χ0n) is 17.1. The SMILES string of the molecule is Cc1c(Cl)cccc1NC(=O)CNC(=O)COC(=O)c1ccc(N(C)C)c([N+](=O)[O-])c1. The fraction of sp³-hybridized carbons (Fsp3) is 0.250. The molecule has 0 radical (unpaired) electrons. The van der Waals surface area contributed by atoms with Crippen LogP contribution in [0.4, 0.5) is 17.1 Å². The maximum Gasteiger partial charge on any atom is 0.338 e. The van der Waals surface area contributed by atoms with Crippen LogP contribution in [0.25, 0.3) is 0 Å². The van der Waals surface area contributed by atoms with Gasteiger partial charge in [0.05, 0.1) is 17.0 Å². The third-order valence-electron chi connectivity index (χ3n) is 4.21. The van der Waals surface area contributed by atoms with Gasteiger partial charge in [-0.25, -0.2) is 4.79 Å². The van der Waals surface area contributed by atoms with E-state index in [9.17, 15) is 24.5 Å². The van der Waals surface area contributed by atoms with Gasteiger partial charge in [-0.1, -0.05) is 17.7 Å². The standard InChI is InChI=1S/C20H21ClN4O6/c1-12-14(21)5-4-6-15(12)23-18(26)10-22-19(27)11-31-20(28)13-7-8-16(24(2)3)17(9-13)25(29)30/h4-9H,10-11H2,1-3H3,(H,22,27)(H,23,26). The van der Waals surface area contributed by atoms with E-state index in [1.807, 2.05) is 0 Å². The molecule has 0 saturated carbocycles. The van der Waals surface area contributed by atoms with Gasteiger partial charge < -0.3 is 20.3 Å². The molecule has 164 valence electrons. The number of esters is 1. The van der Waals surface area contributed by atoms with E-state index in [2.05, 4.69) is 10.6 Å². The lowest BCUT2D eigenvalue weighted by molar-refractivity contribution is -0.384. The lowest BCUT2D eigenvalue weighted by atomic mass is 10.1. The zero-order valence-corrected chi connectivity index (χ0v) is 17.9. The van der Waals surface area contributed by atoms with E-state index in [0.717, 1.165) is 6.07 Å². The summed E-state index contributed by atoms with van der Waals surface area (Å²) in [5, 5.41) is 16.6. The summed E-state index contributed by atoms with van der Waals surface area (Å²) in [5.41, 5.74) is 1.18. The number of halogens is 1. The Morgan fingerprint density at radius 3 is 2.52 bits per heavy atom. The number of carbonyl (C=O) groups is 3. The number of nitro benzene ring substituents is 1.